The number of anilines is 1. The molecule has 288 valence electrons. The van der Waals surface area contributed by atoms with Gasteiger partial charge in [-0.2, -0.15) is 10.4 Å². The quantitative estimate of drug-likeness (QED) is 0.104. The van der Waals surface area contributed by atoms with E-state index in [1.165, 1.54) is 44.3 Å². The van der Waals surface area contributed by atoms with Crippen LogP contribution in [0, 0.1) is 39.4 Å². The Kier molecular flexibility index (Phi) is 11.2. The van der Waals surface area contributed by atoms with Crippen LogP contribution < -0.4 is 10.3 Å². The Morgan fingerprint density at radius 1 is 0.962 bits per heavy atom. The molecular formula is C36H48N5O11P. The molecular weight excluding hydrogens is 709 g/mol. The number of nitrogen functional groups attached to an aromatic ring is 1. The monoisotopic (exact) mass is 757 g/mol. The number of hydrogen-bond donors (Lipinski definition) is 3. The van der Waals surface area contributed by atoms with E-state index in [2.05, 4.69) is 16.2 Å². The molecule has 1 unspecified atom stereocenters. The molecule has 1 aliphatic heterocycles. The van der Waals surface area contributed by atoms with E-state index in [-0.39, 0.29) is 28.2 Å². The molecule has 4 rings (SSSR count). The molecule has 17 heteroatoms. The van der Waals surface area contributed by atoms with Gasteiger partial charge in [0, 0.05) is 11.8 Å². The number of nitriles is 1. The van der Waals surface area contributed by atoms with Crippen LogP contribution in [0.15, 0.2) is 42.7 Å². The first-order chi connectivity index (χ1) is 24.3. The average Bonchev–Trinajstić information content (AvgIpc) is 3.65. The van der Waals surface area contributed by atoms with Crippen LogP contribution in [-0.4, -0.2) is 62.2 Å². The molecule has 4 N–H and O–H groups in total. The van der Waals surface area contributed by atoms with Gasteiger partial charge in [0.1, 0.15) is 23.7 Å². The molecule has 1 saturated heterocycles. The molecule has 0 radical (unpaired) electrons. The van der Waals surface area contributed by atoms with Crippen molar-refractivity contribution in [1.29, 1.82) is 5.26 Å². The number of aliphatic carboxylic acids is 2. The number of carboxylic acid groups (broad SMARTS) is 2. The van der Waals surface area contributed by atoms with Crippen molar-refractivity contribution in [1.82, 2.24) is 14.6 Å². The predicted molar refractivity (Wildman–Crippen MR) is 190 cm³/mol. The molecule has 1 fully saturated rings. The van der Waals surface area contributed by atoms with E-state index in [9.17, 15) is 34.4 Å². The van der Waals surface area contributed by atoms with Crippen LogP contribution >= 0.6 is 7.82 Å². The summed E-state index contributed by atoms with van der Waals surface area (Å²) in [6.07, 6.45) is -0.275. The predicted octanol–water partition coefficient (Wildman–Crippen LogP) is 5.95. The van der Waals surface area contributed by atoms with Gasteiger partial charge in [-0.25, -0.2) is 18.6 Å². The topological polar surface area (TPSA) is 235 Å². The fraction of sp³-hybridized carbons (Fsp3) is 0.556. The second kappa shape index (κ2) is 14.4. The van der Waals surface area contributed by atoms with Crippen LogP contribution in [0.3, 0.4) is 0 Å². The van der Waals surface area contributed by atoms with Gasteiger partial charge in [0.2, 0.25) is 12.4 Å². The molecule has 16 nitrogen and oxygen atoms in total. The second-order valence-electron chi connectivity index (χ2n) is 16.3. The number of carboxylic acids is 2. The summed E-state index contributed by atoms with van der Waals surface area (Å²) in [5.41, 5.74) is 0.458. The number of rotatable bonds is 13. The zero-order chi connectivity index (χ0) is 39.9. The maximum Gasteiger partial charge on any atom is 0.533 e. The molecule has 2 aromatic heterocycles. The van der Waals surface area contributed by atoms with Crippen LogP contribution in [0.5, 0.6) is 5.75 Å². The Balaban J connectivity index is 1.83. The van der Waals surface area contributed by atoms with E-state index in [4.69, 9.17) is 28.8 Å². The van der Waals surface area contributed by atoms with Crippen molar-refractivity contribution >= 4 is 37.1 Å². The molecule has 0 amide bonds. The number of aromatic nitrogens is 3. The van der Waals surface area contributed by atoms with Crippen molar-refractivity contribution < 1.29 is 52.2 Å². The molecule has 3 heterocycles. The van der Waals surface area contributed by atoms with Crippen molar-refractivity contribution in [2.75, 3.05) is 19.1 Å². The van der Waals surface area contributed by atoms with Gasteiger partial charge in [0.25, 0.3) is 0 Å². The number of phosphoric ester groups is 1. The fourth-order valence-electron chi connectivity index (χ4n) is 6.47. The third-order valence-electron chi connectivity index (χ3n) is 9.62. The molecule has 1 aromatic carbocycles. The van der Waals surface area contributed by atoms with Crippen LogP contribution in [-0.2, 0) is 48.5 Å². The van der Waals surface area contributed by atoms with E-state index in [1.54, 1.807) is 45.0 Å². The standard InChI is InChI=1S/C36H48N5O11P/c1-32(2,3)21-11-13-22(14-12-21)52-53(47,50-20-48-31(46)33(4,5)6)49-17-24-26(34(7,8)29(42)43)27(35(9,10)30(44)45)36(18-37,51-24)25-16-15-23-28(38)39-19-40-41(23)25/h11-16,19,24,26-27H,17,20H2,1-10H3,(H,42,43)(H,44,45)(H2,38,39,40)/t24-,26+,27+,36-,53?/m0/s1. The summed E-state index contributed by atoms with van der Waals surface area (Å²) in [6, 6.07) is 11.8. The number of esters is 1. The average molecular weight is 758 g/mol. The maximum atomic E-state index is 14.4. The van der Waals surface area contributed by atoms with Crippen molar-refractivity contribution in [2.24, 2.45) is 28.1 Å². The minimum absolute atomic E-state index is 0.0563. The summed E-state index contributed by atoms with van der Waals surface area (Å²) >= 11 is 0. The Morgan fingerprint density at radius 2 is 1.57 bits per heavy atom. The Hall–Kier alpha value is -4.55. The molecule has 0 aliphatic carbocycles. The lowest BCUT2D eigenvalue weighted by molar-refractivity contribution is -0.161. The number of carbonyl (C=O) groups is 3. The Labute approximate surface area is 308 Å². The smallest absolute Gasteiger partial charge is 0.481 e. The van der Waals surface area contributed by atoms with Gasteiger partial charge in [0.05, 0.1) is 34.6 Å². The Morgan fingerprint density at radius 3 is 2.09 bits per heavy atom. The van der Waals surface area contributed by atoms with E-state index in [0.29, 0.717) is 0 Å². The van der Waals surface area contributed by atoms with E-state index in [1.807, 2.05) is 20.8 Å². The third-order valence-corrected chi connectivity index (χ3v) is 10.9. The summed E-state index contributed by atoms with van der Waals surface area (Å²) in [7, 11) is -4.74. The first-order valence-electron chi connectivity index (χ1n) is 16.8. The fourth-order valence-corrected chi connectivity index (χ4v) is 7.54. The molecule has 3 aromatic rings. The molecule has 0 spiro atoms. The number of fused-ring (bicyclic) bond motifs is 1. The van der Waals surface area contributed by atoms with Gasteiger partial charge in [0.15, 0.2) is 5.82 Å². The first-order valence-corrected chi connectivity index (χ1v) is 18.3. The number of ether oxygens (including phenoxy) is 2. The van der Waals surface area contributed by atoms with E-state index in [0.717, 1.165) is 11.9 Å². The third kappa shape index (κ3) is 8.03. The maximum absolute atomic E-state index is 14.4. The highest BCUT2D eigenvalue weighted by atomic mass is 31.2. The second-order valence-corrected chi connectivity index (χ2v) is 17.9. The van der Waals surface area contributed by atoms with Crippen molar-refractivity contribution in [2.45, 2.75) is 86.4 Å². The summed E-state index contributed by atoms with van der Waals surface area (Å²) in [4.78, 5) is 42.4. The Bertz CT molecular complexity index is 1960. The van der Waals surface area contributed by atoms with E-state index >= 15 is 0 Å². The van der Waals surface area contributed by atoms with Gasteiger partial charge < -0.3 is 29.9 Å². The van der Waals surface area contributed by atoms with Gasteiger partial charge in [-0.15, -0.1) is 0 Å². The largest absolute Gasteiger partial charge is 0.533 e. The molecule has 0 bridgehead atoms. The summed E-state index contributed by atoms with van der Waals surface area (Å²) < 4.78 is 44.5. The van der Waals surface area contributed by atoms with Gasteiger partial charge in [-0.3, -0.25) is 18.9 Å². The molecule has 1 aliphatic rings. The number of nitrogens with zero attached hydrogens (tertiary/aromatic N) is 4. The van der Waals surface area contributed by atoms with Crippen LogP contribution in [0.25, 0.3) is 5.52 Å². The minimum atomic E-state index is -4.74. The lowest BCUT2D eigenvalue weighted by atomic mass is 9.57. The number of benzene rings is 1. The number of phosphoric acid groups is 1. The molecule has 5 atom stereocenters. The highest BCUT2D eigenvalue weighted by Gasteiger charge is 2.68. The van der Waals surface area contributed by atoms with Crippen molar-refractivity contribution in [3.8, 4) is 11.8 Å². The summed E-state index contributed by atoms with van der Waals surface area (Å²) in [6.45, 7) is 14.8. The van der Waals surface area contributed by atoms with Crippen molar-refractivity contribution in [3.05, 3.63) is 54.0 Å². The van der Waals surface area contributed by atoms with E-state index < -0.39 is 78.9 Å². The van der Waals surface area contributed by atoms with Crippen LogP contribution in [0.1, 0.15) is 80.5 Å². The van der Waals surface area contributed by atoms with Crippen LogP contribution in [0.4, 0.5) is 5.82 Å². The highest BCUT2D eigenvalue weighted by molar-refractivity contribution is 7.48. The molecule has 0 saturated carbocycles. The van der Waals surface area contributed by atoms with Gasteiger partial charge >= 0.3 is 25.7 Å². The first kappa shape index (κ1) is 41.2. The SMILES string of the molecule is CC(C)(C)C(=O)OCOP(=O)(OC[C@@H]1O[C@@](C#N)(c2ccc3c(N)ncnn23)[C@@H](C(C)(C)C(=O)O)[C@@H]1C(C)(C)C(=O)O)Oc1ccc(C(C)(C)C)cc1. The number of hydrogen-bond acceptors (Lipinski definition) is 13. The number of carbonyl (C=O) groups excluding carboxylic acids is 1. The van der Waals surface area contributed by atoms with Crippen molar-refractivity contribution in [3.63, 3.8) is 0 Å². The van der Waals surface area contributed by atoms with Crippen LogP contribution in [0.2, 0.25) is 0 Å². The summed E-state index contributed by atoms with van der Waals surface area (Å²) in [5, 5.41) is 36.4. The minimum Gasteiger partial charge on any atom is -0.481 e. The highest BCUT2D eigenvalue weighted by Crippen LogP contribution is 2.61. The van der Waals surface area contributed by atoms with Gasteiger partial charge in [-0.05, 0) is 83.7 Å². The normalized spacial score (nSPS) is 22.2. The lowest BCUT2D eigenvalue weighted by Gasteiger charge is -2.42. The lowest BCUT2D eigenvalue weighted by Crippen LogP contribution is -2.51. The van der Waals surface area contributed by atoms with Gasteiger partial charge in [-0.1, -0.05) is 32.9 Å². The number of nitrogens with two attached hydrogens (primary N) is 1. The molecule has 53 heavy (non-hydrogen) atoms. The zero-order valence-electron chi connectivity index (χ0n) is 31.6. The zero-order valence-corrected chi connectivity index (χ0v) is 32.5. The summed E-state index contributed by atoms with van der Waals surface area (Å²) in [5.74, 6) is -5.89.